The van der Waals surface area contributed by atoms with Gasteiger partial charge in [0, 0.05) is 12.1 Å². The van der Waals surface area contributed by atoms with Crippen LogP contribution in [0.2, 0.25) is 0 Å². The summed E-state index contributed by atoms with van der Waals surface area (Å²) in [5.41, 5.74) is 3.65. The molecule has 5 nitrogen and oxygen atoms in total. The van der Waals surface area contributed by atoms with Crippen molar-refractivity contribution in [2.24, 2.45) is 0 Å². The van der Waals surface area contributed by atoms with Crippen LogP contribution in [0.5, 0.6) is 0 Å². The molecule has 0 aliphatic heterocycles. The second kappa shape index (κ2) is 8.30. The molecule has 0 saturated heterocycles. The Bertz CT molecular complexity index is 769. The molecule has 0 atom stereocenters. The van der Waals surface area contributed by atoms with Gasteiger partial charge in [-0.05, 0) is 54.6 Å². The molecular weight excluding hydrogens is 303 g/mol. The number of amides is 1. The van der Waals surface area contributed by atoms with E-state index in [-0.39, 0.29) is 5.91 Å². The highest BCUT2D eigenvalue weighted by molar-refractivity contribution is 6.58. The summed E-state index contributed by atoms with van der Waals surface area (Å²) in [4.78, 5) is 12.0. The highest BCUT2D eigenvalue weighted by Crippen LogP contribution is 2.13. The van der Waals surface area contributed by atoms with Crippen LogP contribution >= 0.6 is 0 Å². The van der Waals surface area contributed by atoms with Crippen molar-refractivity contribution >= 4 is 24.2 Å². The van der Waals surface area contributed by atoms with Crippen LogP contribution in [0.25, 0.3) is 0 Å². The van der Waals surface area contributed by atoms with E-state index in [1.54, 1.807) is 36.4 Å². The highest BCUT2D eigenvalue weighted by Gasteiger charge is 2.12. The molecule has 24 heavy (non-hydrogen) atoms. The molecule has 0 spiro atoms. The second-order valence-electron chi connectivity index (χ2n) is 5.65. The quantitative estimate of drug-likeness (QED) is 0.703. The monoisotopic (exact) mass is 322 g/mol. The number of rotatable bonds is 6. The molecule has 0 heterocycles. The first-order valence-corrected chi connectivity index (χ1v) is 7.75. The fourth-order valence-electron chi connectivity index (χ4n) is 2.49. The number of carbonyl (C=O) groups is 1. The second-order valence-corrected chi connectivity index (χ2v) is 5.65. The molecule has 2 rings (SSSR count). The minimum Gasteiger partial charge on any atom is -0.423 e. The molecule has 6 heteroatoms. The van der Waals surface area contributed by atoms with Gasteiger partial charge < -0.3 is 15.4 Å². The van der Waals surface area contributed by atoms with Gasteiger partial charge in [-0.25, -0.2) is 0 Å². The number of hydrogen-bond donors (Lipinski definition) is 3. The maximum atomic E-state index is 12.0. The Morgan fingerprint density at radius 1 is 1.25 bits per heavy atom. The summed E-state index contributed by atoms with van der Waals surface area (Å²) in [5.74, 6) is -0.0925. The first-order chi connectivity index (χ1) is 11.5. The van der Waals surface area contributed by atoms with Crippen LogP contribution in [0.1, 0.15) is 29.5 Å². The fraction of sp³-hybridized carbons (Fsp3) is 0.222. The van der Waals surface area contributed by atoms with E-state index in [1.807, 2.05) is 19.1 Å². The van der Waals surface area contributed by atoms with Crippen LogP contribution < -0.4 is 10.8 Å². The molecule has 3 N–H and O–H groups in total. The zero-order valence-electron chi connectivity index (χ0n) is 13.5. The van der Waals surface area contributed by atoms with Crippen LogP contribution in [0.15, 0.2) is 42.5 Å². The molecule has 0 aromatic heterocycles. The van der Waals surface area contributed by atoms with Crippen molar-refractivity contribution in [2.75, 3.05) is 5.32 Å². The van der Waals surface area contributed by atoms with Gasteiger partial charge in [-0.1, -0.05) is 24.3 Å². The zero-order chi connectivity index (χ0) is 17.5. The van der Waals surface area contributed by atoms with Crippen LogP contribution in [0.3, 0.4) is 0 Å². The summed E-state index contributed by atoms with van der Waals surface area (Å²) < 4.78 is 0. The SMILES string of the molecule is Cc1cc(B(O)O)ccc1CCCC(=O)Nc1cccc(C#N)c1. The summed E-state index contributed by atoms with van der Waals surface area (Å²) in [7, 11) is -1.47. The maximum Gasteiger partial charge on any atom is 0.488 e. The Balaban J connectivity index is 1.85. The lowest BCUT2D eigenvalue weighted by atomic mass is 9.78. The van der Waals surface area contributed by atoms with Gasteiger partial charge in [0.25, 0.3) is 0 Å². The van der Waals surface area contributed by atoms with Gasteiger partial charge >= 0.3 is 7.12 Å². The zero-order valence-corrected chi connectivity index (χ0v) is 13.5. The third kappa shape index (κ3) is 4.95. The van der Waals surface area contributed by atoms with Crippen molar-refractivity contribution < 1.29 is 14.8 Å². The summed E-state index contributed by atoms with van der Waals surface area (Å²) in [5, 5.41) is 29.9. The molecule has 0 fully saturated rings. The standard InChI is InChI=1S/C18H19BN2O3/c1-13-10-16(19(23)24)9-8-15(13)5-3-7-18(22)21-17-6-2-4-14(11-17)12-20/h2,4,6,8-11,23-24H,3,5,7H2,1H3,(H,21,22). The Hall–Kier alpha value is -2.62. The van der Waals surface area contributed by atoms with Crippen LogP contribution in [-0.4, -0.2) is 23.1 Å². The van der Waals surface area contributed by atoms with Gasteiger partial charge in [0.2, 0.25) is 5.91 Å². The summed E-state index contributed by atoms with van der Waals surface area (Å²) in [6.07, 6.45) is 1.80. The van der Waals surface area contributed by atoms with Crippen molar-refractivity contribution in [3.8, 4) is 6.07 Å². The number of carbonyl (C=O) groups excluding carboxylic acids is 1. The van der Waals surface area contributed by atoms with Crippen LogP contribution in [0.4, 0.5) is 5.69 Å². The van der Waals surface area contributed by atoms with Crippen molar-refractivity contribution in [1.29, 1.82) is 5.26 Å². The van der Waals surface area contributed by atoms with E-state index in [4.69, 9.17) is 15.3 Å². The number of nitrogens with one attached hydrogen (secondary N) is 1. The Labute approximate surface area is 141 Å². The van der Waals surface area contributed by atoms with Crippen molar-refractivity contribution in [1.82, 2.24) is 0 Å². The Kier molecular flexibility index (Phi) is 6.13. The Morgan fingerprint density at radius 3 is 2.71 bits per heavy atom. The van der Waals surface area contributed by atoms with Gasteiger partial charge in [0.05, 0.1) is 11.6 Å². The van der Waals surface area contributed by atoms with Gasteiger partial charge in [-0.15, -0.1) is 0 Å². The number of benzene rings is 2. The molecule has 0 radical (unpaired) electrons. The molecule has 1 amide bonds. The Morgan fingerprint density at radius 2 is 2.04 bits per heavy atom. The summed E-state index contributed by atoms with van der Waals surface area (Å²) >= 11 is 0. The van der Waals surface area contributed by atoms with Crippen LogP contribution in [-0.2, 0) is 11.2 Å². The lowest BCUT2D eigenvalue weighted by molar-refractivity contribution is -0.116. The van der Waals surface area contributed by atoms with Gasteiger partial charge in [0.15, 0.2) is 0 Å². The number of nitriles is 1. The number of nitrogens with zero attached hydrogens (tertiary/aromatic N) is 1. The third-order valence-electron chi connectivity index (χ3n) is 3.79. The minimum absolute atomic E-state index is 0.0925. The predicted octanol–water partition coefficient (Wildman–Crippen LogP) is 1.51. The first-order valence-electron chi connectivity index (χ1n) is 7.75. The molecule has 0 bridgehead atoms. The average molecular weight is 322 g/mol. The van der Waals surface area contributed by atoms with Gasteiger partial charge in [0.1, 0.15) is 0 Å². The number of hydrogen-bond acceptors (Lipinski definition) is 4. The van der Waals surface area contributed by atoms with E-state index < -0.39 is 7.12 Å². The van der Waals surface area contributed by atoms with E-state index in [0.29, 0.717) is 29.6 Å². The lowest BCUT2D eigenvalue weighted by Crippen LogP contribution is -2.30. The van der Waals surface area contributed by atoms with E-state index >= 15 is 0 Å². The van der Waals surface area contributed by atoms with Gasteiger partial charge in [-0.2, -0.15) is 5.26 Å². The summed E-state index contributed by atoms with van der Waals surface area (Å²) in [6, 6.07) is 14.1. The minimum atomic E-state index is -1.47. The maximum absolute atomic E-state index is 12.0. The normalized spacial score (nSPS) is 10.1. The molecule has 2 aromatic carbocycles. The topological polar surface area (TPSA) is 93.3 Å². The van der Waals surface area contributed by atoms with E-state index in [0.717, 1.165) is 17.5 Å². The van der Waals surface area contributed by atoms with Gasteiger partial charge in [-0.3, -0.25) is 4.79 Å². The number of aryl methyl sites for hydroxylation is 2. The molecule has 0 unspecified atom stereocenters. The fourth-order valence-corrected chi connectivity index (χ4v) is 2.49. The third-order valence-corrected chi connectivity index (χ3v) is 3.79. The predicted molar refractivity (Wildman–Crippen MR) is 93.7 cm³/mol. The summed E-state index contributed by atoms with van der Waals surface area (Å²) in [6.45, 7) is 1.91. The smallest absolute Gasteiger partial charge is 0.423 e. The molecular formula is C18H19BN2O3. The highest BCUT2D eigenvalue weighted by atomic mass is 16.4. The van der Waals surface area contributed by atoms with Crippen molar-refractivity contribution in [3.63, 3.8) is 0 Å². The number of anilines is 1. The van der Waals surface area contributed by atoms with E-state index in [9.17, 15) is 4.79 Å². The lowest BCUT2D eigenvalue weighted by Gasteiger charge is -2.09. The largest absolute Gasteiger partial charge is 0.488 e. The first kappa shape index (κ1) is 17.7. The molecule has 0 aliphatic carbocycles. The van der Waals surface area contributed by atoms with E-state index in [1.165, 1.54) is 0 Å². The molecule has 122 valence electrons. The molecule has 2 aromatic rings. The van der Waals surface area contributed by atoms with Crippen molar-refractivity contribution in [2.45, 2.75) is 26.2 Å². The average Bonchev–Trinajstić information content (AvgIpc) is 2.56. The van der Waals surface area contributed by atoms with Crippen LogP contribution in [0, 0.1) is 18.3 Å². The van der Waals surface area contributed by atoms with Crippen molar-refractivity contribution in [3.05, 3.63) is 59.2 Å². The molecule has 0 aliphatic rings. The van der Waals surface area contributed by atoms with E-state index in [2.05, 4.69) is 5.32 Å². The molecule has 0 saturated carbocycles.